The van der Waals surface area contributed by atoms with Crippen LogP contribution in [-0.2, 0) is 0 Å². The molecule has 4 N–H and O–H groups in total. The average molecular weight is 330 g/mol. The summed E-state index contributed by atoms with van der Waals surface area (Å²) in [7, 11) is 0. The van der Waals surface area contributed by atoms with Gasteiger partial charge in [0.05, 0.1) is 0 Å². The Bertz CT molecular complexity index is 177. The molecule has 19 heavy (non-hydrogen) atoms. The molecule has 0 rings (SSSR count). The third kappa shape index (κ3) is 27.5. The number of nitrogens with two attached hydrogens (primary N) is 2. The van der Waals surface area contributed by atoms with Crippen LogP contribution in [0.3, 0.4) is 0 Å². The van der Waals surface area contributed by atoms with Crippen LogP contribution in [0.15, 0.2) is 4.99 Å². The Labute approximate surface area is 136 Å². The highest BCUT2D eigenvalue weighted by Gasteiger charge is 1.92. The first-order chi connectivity index (χ1) is 8.77. The number of halogens is 1. The monoisotopic (exact) mass is 329 g/mol. The van der Waals surface area contributed by atoms with E-state index >= 15 is 0 Å². The lowest BCUT2D eigenvalue weighted by atomic mass is 10.1. The largest absolute Gasteiger partial charge is 0.370 e. The highest BCUT2D eigenvalue weighted by Crippen LogP contribution is 2.10. The van der Waals surface area contributed by atoms with Gasteiger partial charge in [-0.1, -0.05) is 64.7 Å². The summed E-state index contributed by atoms with van der Waals surface area (Å²) in [5, 5.41) is 0. The van der Waals surface area contributed by atoms with E-state index in [2.05, 4.69) is 35.2 Å². The second-order valence-electron chi connectivity index (χ2n) is 4.49. The fourth-order valence-corrected chi connectivity index (χ4v) is 1.81. The Kier molecular flexibility index (Phi) is 29.9. The van der Waals surface area contributed by atoms with Crippen LogP contribution in [0, 0.1) is 0 Å². The molecule has 0 saturated carbocycles. The summed E-state index contributed by atoms with van der Waals surface area (Å²) in [4.78, 5) is 3.96. The van der Waals surface area contributed by atoms with Crippen molar-refractivity contribution in [3.63, 3.8) is 0 Å². The molecule has 0 bridgehead atoms. The smallest absolute Gasteiger partial charge is 0.185 e. The molecule has 0 unspecified atom stereocenters. The van der Waals surface area contributed by atoms with Gasteiger partial charge in [-0.3, -0.25) is 4.99 Å². The lowest BCUT2D eigenvalue weighted by Gasteiger charge is -2.01. The standard InChI is InChI=1S/C13H29N3.ClH.H2S2/c1-2-3-4-5-6-7-8-9-10-11-12-16-13(14)15;;1-2/h2-12H2,1H3,(H4,14,15,16);1H;1-2H. The van der Waals surface area contributed by atoms with Crippen molar-refractivity contribution >= 4 is 41.7 Å². The van der Waals surface area contributed by atoms with E-state index in [0.29, 0.717) is 0 Å². The summed E-state index contributed by atoms with van der Waals surface area (Å²) in [6, 6.07) is 0. The van der Waals surface area contributed by atoms with Crippen molar-refractivity contribution in [1.29, 1.82) is 0 Å². The van der Waals surface area contributed by atoms with Gasteiger partial charge in [0.15, 0.2) is 5.96 Å². The molecule has 0 heterocycles. The first kappa shape index (κ1) is 24.3. The number of guanidine groups is 1. The van der Waals surface area contributed by atoms with Gasteiger partial charge in [-0.15, -0.1) is 35.7 Å². The fraction of sp³-hybridized carbons (Fsp3) is 0.923. The predicted octanol–water partition coefficient (Wildman–Crippen LogP) is 4.36. The third-order valence-corrected chi connectivity index (χ3v) is 2.81. The molecule has 0 spiro atoms. The second-order valence-corrected chi connectivity index (χ2v) is 4.49. The lowest BCUT2D eigenvalue weighted by molar-refractivity contribution is 0.558. The van der Waals surface area contributed by atoms with Gasteiger partial charge in [-0.05, 0) is 6.42 Å². The van der Waals surface area contributed by atoms with Gasteiger partial charge in [0.25, 0.3) is 0 Å². The Morgan fingerprint density at radius 3 is 1.53 bits per heavy atom. The van der Waals surface area contributed by atoms with Crippen LogP contribution in [0.4, 0.5) is 0 Å². The summed E-state index contributed by atoms with van der Waals surface area (Å²) in [6.07, 6.45) is 13.5. The van der Waals surface area contributed by atoms with Gasteiger partial charge in [-0.25, -0.2) is 0 Å². The van der Waals surface area contributed by atoms with Gasteiger partial charge < -0.3 is 11.5 Å². The lowest BCUT2D eigenvalue weighted by Crippen LogP contribution is -2.22. The van der Waals surface area contributed by atoms with Crippen molar-refractivity contribution < 1.29 is 0 Å². The number of aliphatic imine (C=N–C) groups is 1. The van der Waals surface area contributed by atoms with Crippen LogP contribution < -0.4 is 11.5 Å². The molecule has 6 heteroatoms. The van der Waals surface area contributed by atoms with Crippen LogP contribution in [0.2, 0.25) is 0 Å². The zero-order valence-corrected chi connectivity index (χ0v) is 14.8. The van der Waals surface area contributed by atoms with Crippen molar-refractivity contribution in [1.82, 2.24) is 0 Å². The molecule has 0 saturated heterocycles. The van der Waals surface area contributed by atoms with E-state index in [-0.39, 0.29) is 18.4 Å². The predicted molar refractivity (Wildman–Crippen MR) is 97.7 cm³/mol. The van der Waals surface area contributed by atoms with Crippen LogP contribution in [0.25, 0.3) is 0 Å². The molecule has 0 aromatic heterocycles. The number of hydrogen-bond acceptors (Lipinski definition) is 3. The summed E-state index contributed by atoms with van der Waals surface area (Å²) in [5.74, 6) is 0.218. The van der Waals surface area contributed by atoms with Crippen molar-refractivity contribution in [3.05, 3.63) is 0 Å². The molecule has 0 aliphatic rings. The second kappa shape index (κ2) is 23.4. The van der Waals surface area contributed by atoms with E-state index in [1.54, 1.807) is 0 Å². The third-order valence-electron chi connectivity index (χ3n) is 2.81. The molecule has 0 radical (unpaired) electrons. The Morgan fingerprint density at radius 2 is 1.16 bits per heavy atom. The molecule has 0 atom stereocenters. The normalized spacial score (nSPS) is 9.00. The van der Waals surface area contributed by atoms with Crippen molar-refractivity contribution in [2.75, 3.05) is 6.54 Å². The highest BCUT2D eigenvalue weighted by atomic mass is 35.5. The molecule has 0 aromatic carbocycles. The van der Waals surface area contributed by atoms with E-state index in [0.717, 1.165) is 13.0 Å². The molecule has 0 aliphatic carbocycles. The van der Waals surface area contributed by atoms with E-state index < -0.39 is 0 Å². The minimum absolute atomic E-state index is 0. The maximum absolute atomic E-state index is 5.24. The van der Waals surface area contributed by atoms with Gasteiger partial charge in [0, 0.05) is 6.54 Å². The molecule has 0 amide bonds. The highest BCUT2D eigenvalue weighted by molar-refractivity contribution is 8.59. The van der Waals surface area contributed by atoms with E-state index in [4.69, 9.17) is 11.5 Å². The molecular formula is C13H32ClN3S2. The van der Waals surface area contributed by atoms with E-state index in [1.165, 1.54) is 57.8 Å². The first-order valence-electron chi connectivity index (χ1n) is 7.02. The van der Waals surface area contributed by atoms with Crippen molar-refractivity contribution in [2.24, 2.45) is 16.5 Å². The first-order valence-corrected chi connectivity index (χ1v) is 8.62. The maximum Gasteiger partial charge on any atom is 0.185 e. The quantitative estimate of drug-likeness (QED) is 0.149. The van der Waals surface area contributed by atoms with Crippen LogP contribution in [-0.4, -0.2) is 12.5 Å². The average Bonchev–Trinajstić information content (AvgIpc) is 2.38. The number of unbranched alkanes of at least 4 members (excludes halogenated alkanes) is 9. The van der Waals surface area contributed by atoms with Crippen LogP contribution in [0.5, 0.6) is 0 Å². The fourth-order valence-electron chi connectivity index (χ4n) is 1.81. The molecule has 0 aliphatic heterocycles. The maximum atomic E-state index is 5.24. The number of rotatable bonds is 11. The summed E-state index contributed by atoms with van der Waals surface area (Å²) < 4.78 is 0. The summed E-state index contributed by atoms with van der Waals surface area (Å²) in [6.45, 7) is 3.05. The van der Waals surface area contributed by atoms with Gasteiger partial charge in [0.1, 0.15) is 0 Å². The van der Waals surface area contributed by atoms with Crippen molar-refractivity contribution in [2.45, 2.75) is 71.1 Å². The number of hydrogen-bond donors (Lipinski definition) is 4. The molecule has 0 aromatic rings. The molecule has 118 valence electrons. The van der Waals surface area contributed by atoms with Gasteiger partial charge in [0.2, 0.25) is 0 Å². The zero-order chi connectivity index (χ0) is 14.1. The van der Waals surface area contributed by atoms with E-state index in [9.17, 15) is 0 Å². The van der Waals surface area contributed by atoms with Gasteiger partial charge in [-0.2, -0.15) is 0 Å². The topological polar surface area (TPSA) is 64.4 Å². The Hall–Kier alpha value is 0.260. The number of thiol groups is 2. The SMILES string of the molecule is CCCCCCCCCCCCN=C(N)N.Cl.SS. The molecule has 3 nitrogen and oxygen atoms in total. The summed E-state index contributed by atoms with van der Waals surface area (Å²) in [5.41, 5.74) is 10.5. The van der Waals surface area contributed by atoms with Gasteiger partial charge >= 0.3 is 0 Å². The Morgan fingerprint density at radius 1 is 0.789 bits per heavy atom. The minimum atomic E-state index is 0. The summed E-state index contributed by atoms with van der Waals surface area (Å²) >= 11 is 6.44. The molecular weight excluding hydrogens is 298 g/mol. The minimum Gasteiger partial charge on any atom is -0.370 e. The molecule has 0 fully saturated rings. The zero-order valence-electron chi connectivity index (χ0n) is 12.2. The number of nitrogens with zero attached hydrogens (tertiary/aromatic N) is 1. The van der Waals surface area contributed by atoms with Crippen LogP contribution >= 0.6 is 35.7 Å². The Balaban J connectivity index is -0.000000809. The van der Waals surface area contributed by atoms with E-state index in [1.807, 2.05) is 0 Å². The van der Waals surface area contributed by atoms with Crippen LogP contribution in [0.1, 0.15) is 71.1 Å². The van der Waals surface area contributed by atoms with Crippen molar-refractivity contribution in [3.8, 4) is 0 Å².